The SMILES string of the molecule is O=C(c1cscn1)N1CC(=O)N(C2CCCCC2)C[C@H](OCc2ccccc2)C1. The van der Waals surface area contributed by atoms with E-state index in [9.17, 15) is 9.59 Å². The second-order valence-corrected chi connectivity index (χ2v) is 8.53. The maximum absolute atomic E-state index is 13.1. The molecule has 1 aromatic heterocycles. The average molecular weight is 414 g/mol. The van der Waals surface area contributed by atoms with Gasteiger partial charge in [0.1, 0.15) is 12.2 Å². The van der Waals surface area contributed by atoms with Crippen molar-refractivity contribution in [2.24, 2.45) is 0 Å². The summed E-state index contributed by atoms with van der Waals surface area (Å²) in [7, 11) is 0. The van der Waals surface area contributed by atoms with Gasteiger partial charge in [0.25, 0.3) is 5.91 Å². The molecule has 1 atom stereocenters. The lowest BCUT2D eigenvalue weighted by Crippen LogP contribution is -2.46. The van der Waals surface area contributed by atoms with Crippen LogP contribution in [0, 0.1) is 0 Å². The Morgan fingerprint density at radius 3 is 2.66 bits per heavy atom. The monoisotopic (exact) mass is 413 g/mol. The number of aromatic nitrogens is 1. The molecule has 1 saturated heterocycles. The molecule has 2 heterocycles. The van der Waals surface area contributed by atoms with Crippen molar-refractivity contribution in [3.05, 3.63) is 52.5 Å². The molecule has 2 amide bonds. The van der Waals surface area contributed by atoms with Gasteiger partial charge in [0.15, 0.2) is 0 Å². The fourth-order valence-corrected chi connectivity index (χ4v) is 4.74. The van der Waals surface area contributed by atoms with E-state index in [4.69, 9.17) is 4.74 Å². The summed E-state index contributed by atoms with van der Waals surface area (Å²) in [6.45, 7) is 1.50. The highest BCUT2D eigenvalue weighted by Gasteiger charge is 2.35. The van der Waals surface area contributed by atoms with Gasteiger partial charge in [-0.15, -0.1) is 11.3 Å². The molecular formula is C22H27N3O3S. The average Bonchev–Trinajstić information content (AvgIpc) is 3.24. The summed E-state index contributed by atoms with van der Waals surface area (Å²) in [5, 5.41) is 1.73. The van der Waals surface area contributed by atoms with Crippen LogP contribution in [-0.4, -0.2) is 58.4 Å². The first-order valence-electron chi connectivity index (χ1n) is 10.3. The maximum Gasteiger partial charge on any atom is 0.273 e. The predicted molar refractivity (Wildman–Crippen MR) is 112 cm³/mol. The Labute approximate surface area is 175 Å². The molecule has 2 aromatic rings. The van der Waals surface area contributed by atoms with Gasteiger partial charge in [-0.3, -0.25) is 9.59 Å². The van der Waals surface area contributed by atoms with Crippen molar-refractivity contribution in [2.75, 3.05) is 19.6 Å². The molecule has 6 nitrogen and oxygen atoms in total. The van der Waals surface area contributed by atoms with Crippen LogP contribution in [0.4, 0.5) is 0 Å². The van der Waals surface area contributed by atoms with Crippen LogP contribution in [0.2, 0.25) is 0 Å². The summed E-state index contributed by atoms with van der Waals surface area (Å²) < 4.78 is 6.21. The Morgan fingerprint density at radius 1 is 1.14 bits per heavy atom. The van der Waals surface area contributed by atoms with Crippen LogP contribution in [0.5, 0.6) is 0 Å². The van der Waals surface area contributed by atoms with E-state index < -0.39 is 0 Å². The molecule has 1 aliphatic carbocycles. The summed E-state index contributed by atoms with van der Waals surface area (Å²) >= 11 is 1.38. The van der Waals surface area contributed by atoms with Crippen molar-refractivity contribution in [1.29, 1.82) is 0 Å². The lowest BCUT2D eigenvalue weighted by Gasteiger charge is -2.34. The fourth-order valence-electron chi connectivity index (χ4n) is 4.22. The molecule has 0 spiro atoms. The minimum atomic E-state index is -0.217. The molecule has 2 aliphatic rings. The highest BCUT2D eigenvalue weighted by molar-refractivity contribution is 7.07. The molecule has 154 valence electrons. The van der Waals surface area contributed by atoms with Crippen LogP contribution < -0.4 is 0 Å². The largest absolute Gasteiger partial charge is 0.370 e. The number of carbonyl (C=O) groups excluding carboxylic acids is 2. The first-order valence-corrected chi connectivity index (χ1v) is 11.3. The second kappa shape index (κ2) is 9.50. The van der Waals surface area contributed by atoms with Crippen LogP contribution in [0.25, 0.3) is 0 Å². The first-order chi connectivity index (χ1) is 14.2. The molecule has 1 aromatic carbocycles. The highest BCUT2D eigenvalue weighted by Crippen LogP contribution is 2.25. The number of thiazole rings is 1. The maximum atomic E-state index is 13.1. The number of nitrogens with zero attached hydrogens (tertiary/aromatic N) is 3. The number of amides is 2. The van der Waals surface area contributed by atoms with E-state index in [2.05, 4.69) is 4.98 Å². The molecule has 0 N–H and O–H groups in total. The van der Waals surface area contributed by atoms with Gasteiger partial charge >= 0.3 is 0 Å². The van der Waals surface area contributed by atoms with E-state index in [0.29, 0.717) is 25.4 Å². The molecule has 2 fully saturated rings. The Kier molecular flexibility index (Phi) is 6.56. The second-order valence-electron chi connectivity index (χ2n) is 7.82. The molecule has 7 heteroatoms. The lowest BCUT2D eigenvalue weighted by molar-refractivity contribution is -0.134. The Bertz CT molecular complexity index is 806. The van der Waals surface area contributed by atoms with E-state index in [1.807, 2.05) is 35.2 Å². The fraction of sp³-hybridized carbons (Fsp3) is 0.500. The standard InChI is InChI=1S/C22H27N3O3S/c26-21-13-24(22(27)20-15-29-16-23-20)11-19(28-14-17-7-3-1-4-8-17)12-25(21)18-9-5-2-6-10-18/h1,3-4,7-8,15-16,18-19H,2,5-6,9-14H2/t19-/m1/s1. The van der Waals surface area contributed by atoms with Crippen LogP contribution in [0.15, 0.2) is 41.2 Å². The topological polar surface area (TPSA) is 62.7 Å². The molecule has 4 rings (SSSR count). The molecule has 0 radical (unpaired) electrons. The van der Waals surface area contributed by atoms with Crippen LogP contribution in [0.1, 0.15) is 48.2 Å². The molecule has 1 saturated carbocycles. The van der Waals surface area contributed by atoms with Crippen molar-refractivity contribution in [1.82, 2.24) is 14.8 Å². The molecule has 1 aliphatic heterocycles. The van der Waals surface area contributed by atoms with Gasteiger partial charge in [-0.25, -0.2) is 4.98 Å². The predicted octanol–water partition coefficient (Wildman–Crippen LogP) is 3.35. The summed E-state index contributed by atoms with van der Waals surface area (Å²) in [5.41, 5.74) is 3.13. The highest BCUT2D eigenvalue weighted by atomic mass is 32.1. The van der Waals surface area contributed by atoms with Crippen molar-refractivity contribution >= 4 is 23.2 Å². The van der Waals surface area contributed by atoms with Crippen molar-refractivity contribution in [3.63, 3.8) is 0 Å². The van der Waals surface area contributed by atoms with Gasteiger partial charge in [-0.1, -0.05) is 49.6 Å². The third-order valence-corrected chi connectivity index (χ3v) is 6.34. The minimum Gasteiger partial charge on any atom is -0.370 e. The molecule has 29 heavy (non-hydrogen) atoms. The zero-order valence-corrected chi connectivity index (χ0v) is 17.4. The number of rotatable bonds is 5. The van der Waals surface area contributed by atoms with Crippen LogP contribution in [-0.2, 0) is 16.1 Å². The van der Waals surface area contributed by atoms with Gasteiger partial charge in [0, 0.05) is 24.5 Å². The quantitative estimate of drug-likeness (QED) is 0.754. The molecule has 0 unspecified atom stereocenters. The molecule has 0 bridgehead atoms. The number of benzene rings is 1. The van der Waals surface area contributed by atoms with E-state index >= 15 is 0 Å². The van der Waals surface area contributed by atoms with Gasteiger partial charge in [-0.2, -0.15) is 0 Å². The van der Waals surface area contributed by atoms with Gasteiger partial charge in [0.2, 0.25) is 5.91 Å². The third kappa shape index (κ3) is 5.03. The third-order valence-electron chi connectivity index (χ3n) is 5.75. The van der Waals surface area contributed by atoms with Gasteiger partial charge < -0.3 is 14.5 Å². The zero-order valence-electron chi connectivity index (χ0n) is 16.5. The minimum absolute atomic E-state index is 0.0197. The van der Waals surface area contributed by atoms with E-state index in [-0.39, 0.29) is 30.5 Å². The summed E-state index contributed by atoms with van der Waals surface area (Å²) in [5.74, 6) is -0.176. The van der Waals surface area contributed by atoms with E-state index in [0.717, 1.165) is 31.2 Å². The van der Waals surface area contributed by atoms with E-state index in [1.54, 1.807) is 15.8 Å². The number of ether oxygens (including phenoxy) is 1. The number of hydrogen-bond donors (Lipinski definition) is 0. The van der Waals surface area contributed by atoms with Crippen molar-refractivity contribution in [3.8, 4) is 0 Å². The van der Waals surface area contributed by atoms with Crippen LogP contribution >= 0.6 is 11.3 Å². The first kappa shape index (κ1) is 20.0. The van der Waals surface area contributed by atoms with Crippen LogP contribution in [0.3, 0.4) is 0 Å². The van der Waals surface area contributed by atoms with Crippen molar-refractivity contribution in [2.45, 2.75) is 50.9 Å². The molecular weight excluding hydrogens is 386 g/mol. The summed E-state index contributed by atoms with van der Waals surface area (Å²) in [4.78, 5) is 33.7. The lowest BCUT2D eigenvalue weighted by atomic mass is 9.94. The Morgan fingerprint density at radius 2 is 1.93 bits per heavy atom. The number of carbonyl (C=O) groups is 2. The Hall–Kier alpha value is -2.25. The normalized spacial score (nSPS) is 21.2. The van der Waals surface area contributed by atoms with E-state index in [1.165, 1.54) is 17.8 Å². The zero-order chi connectivity index (χ0) is 20.1. The van der Waals surface area contributed by atoms with Gasteiger partial charge in [0.05, 0.1) is 18.2 Å². The van der Waals surface area contributed by atoms with Crippen molar-refractivity contribution < 1.29 is 14.3 Å². The summed E-state index contributed by atoms with van der Waals surface area (Å²) in [6, 6.07) is 10.3. The summed E-state index contributed by atoms with van der Waals surface area (Å²) in [6.07, 6.45) is 5.41. The Balaban J connectivity index is 1.51. The van der Waals surface area contributed by atoms with Gasteiger partial charge in [-0.05, 0) is 18.4 Å². The number of hydrogen-bond acceptors (Lipinski definition) is 5. The smallest absolute Gasteiger partial charge is 0.273 e.